The largest absolute Gasteiger partial charge is 0.504 e. The zero-order chi connectivity index (χ0) is 11.5. The highest BCUT2D eigenvalue weighted by Gasteiger charge is 2.21. The van der Waals surface area contributed by atoms with Crippen LogP contribution in [0.25, 0.3) is 0 Å². The second kappa shape index (κ2) is 4.35. The Bertz CT molecular complexity index is 452. The molecule has 1 aliphatic heterocycles. The Morgan fingerprint density at radius 1 is 1.50 bits per heavy atom. The minimum atomic E-state index is -0.450. The number of benzene rings is 1. The molecule has 4 heteroatoms. The van der Waals surface area contributed by atoms with Gasteiger partial charge in [-0.15, -0.1) is 0 Å². The van der Waals surface area contributed by atoms with Crippen molar-refractivity contribution in [3.63, 3.8) is 0 Å². The van der Waals surface area contributed by atoms with Crippen LogP contribution in [0.2, 0.25) is 0 Å². The summed E-state index contributed by atoms with van der Waals surface area (Å²) in [7, 11) is 1.47. The lowest BCUT2D eigenvalue weighted by atomic mass is 10.0. The molecule has 0 aromatic heterocycles. The van der Waals surface area contributed by atoms with Crippen molar-refractivity contribution in [3.8, 4) is 5.75 Å². The number of rotatable bonds is 1. The van der Waals surface area contributed by atoms with Gasteiger partial charge in [0.15, 0.2) is 5.78 Å². The molecule has 0 fully saturated rings. The van der Waals surface area contributed by atoms with Gasteiger partial charge in [0.1, 0.15) is 11.6 Å². The summed E-state index contributed by atoms with van der Waals surface area (Å²) in [6.07, 6.45) is 1.84. The molecule has 16 heavy (non-hydrogen) atoms. The average molecular weight is 222 g/mol. The van der Waals surface area contributed by atoms with Crippen LogP contribution < -0.4 is 4.74 Å². The van der Waals surface area contributed by atoms with E-state index < -0.39 is 5.82 Å². The van der Waals surface area contributed by atoms with Crippen LogP contribution in [0.15, 0.2) is 30.0 Å². The minimum absolute atomic E-state index is 0.242. The molecule has 0 unspecified atom stereocenters. The molecule has 0 radical (unpaired) electrons. The van der Waals surface area contributed by atoms with E-state index in [1.807, 2.05) is 0 Å². The first-order chi connectivity index (χ1) is 7.72. The third kappa shape index (κ3) is 1.91. The van der Waals surface area contributed by atoms with Crippen molar-refractivity contribution in [2.24, 2.45) is 0 Å². The van der Waals surface area contributed by atoms with Crippen molar-refractivity contribution in [1.29, 1.82) is 0 Å². The van der Waals surface area contributed by atoms with E-state index in [1.165, 1.54) is 31.6 Å². The summed E-state index contributed by atoms with van der Waals surface area (Å²) in [5, 5.41) is 0. The quantitative estimate of drug-likeness (QED) is 0.540. The average Bonchev–Trinajstić information content (AvgIpc) is 2.42. The molecule has 0 atom stereocenters. The van der Waals surface area contributed by atoms with Gasteiger partial charge >= 0.3 is 0 Å². The summed E-state index contributed by atoms with van der Waals surface area (Å²) in [6, 6.07) is 3.93. The number of carbonyl (C=O) groups is 1. The molecule has 3 nitrogen and oxygen atoms in total. The van der Waals surface area contributed by atoms with Gasteiger partial charge in [0.2, 0.25) is 0 Å². The lowest BCUT2D eigenvalue weighted by molar-refractivity contribution is 0.102. The van der Waals surface area contributed by atoms with Gasteiger partial charge in [-0.05, 0) is 18.2 Å². The van der Waals surface area contributed by atoms with Crippen molar-refractivity contribution in [2.75, 3.05) is 13.7 Å². The Morgan fingerprint density at radius 2 is 2.31 bits per heavy atom. The molecule has 2 rings (SSSR count). The monoisotopic (exact) mass is 222 g/mol. The van der Waals surface area contributed by atoms with Crippen molar-refractivity contribution in [1.82, 2.24) is 0 Å². The molecule has 0 aliphatic carbocycles. The minimum Gasteiger partial charge on any atom is -0.504 e. The number of carbonyl (C=O) groups excluding carboxylic acids is 1. The van der Waals surface area contributed by atoms with E-state index in [0.717, 1.165) is 0 Å². The number of methoxy groups -OCH3 is 1. The van der Waals surface area contributed by atoms with E-state index in [9.17, 15) is 9.18 Å². The van der Waals surface area contributed by atoms with Crippen molar-refractivity contribution in [2.45, 2.75) is 6.42 Å². The highest BCUT2D eigenvalue weighted by Crippen LogP contribution is 2.27. The second-order valence-electron chi connectivity index (χ2n) is 3.45. The fraction of sp³-hybridized carbons (Fsp3) is 0.250. The highest BCUT2D eigenvalue weighted by molar-refractivity contribution is 6.10. The van der Waals surface area contributed by atoms with Crippen molar-refractivity contribution in [3.05, 3.63) is 41.4 Å². The first-order valence-corrected chi connectivity index (χ1v) is 4.91. The first-order valence-electron chi connectivity index (χ1n) is 4.91. The normalized spacial score (nSPS) is 17.6. The topological polar surface area (TPSA) is 35.5 Å². The van der Waals surface area contributed by atoms with Gasteiger partial charge in [-0.3, -0.25) is 4.79 Å². The lowest BCUT2D eigenvalue weighted by Gasteiger charge is -2.04. The van der Waals surface area contributed by atoms with E-state index >= 15 is 0 Å². The van der Waals surface area contributed by atoms with Gasteiger partial charge in [0.25, 0.3) is 0 Å². The number of Topliss-reactive ketones (excluding diaryl/α,β-unsaturated/α-hetero) is 1. The fourth-order valence-electron chi connectivity index (χ4n) is 1.62. The molecular weight excluding hydrogens is 211 g/mol. The number of ketones is 1. The van der Waals surface area contributed by atoms with Crippen LogP contribution in [0.1, 0.15) is 16.8 Å². The number of fused-ring (bicyclic) bond motifs is 1. The molecule has 0 amide bonds. The summed E-state index contributed by atoms with van der Waals surface area (Å²) < 4.78 is 23.2. The van der Waals surface area contributed by atoms with Gasteiger partial charge in [-0.25, -0.2) is 4.39 Å². The molecule has 1 aromatic rings. The summed E-state index contributed by atoms with van der Waals surface area (Å²) in [5.41, 5.74) is 0.743. The summed E-state index contributed by atoms with van der Waals surface area (Å²) in [5.74, 6) is -0.269. The van der Waals surface area contributed by atoms with Crippen LogP contribution in [0.5, 0.6) is 5.75 Å². The van der Waals surface area contributed by atoms with Crippen LogP contribution in [0.3, 0.4) is 0 Å². The Balaban J connectivity index is 2.47. The zero-order valence-corrected chi connectivity index (χ0v) is 8.83. The molecule has 1 aromatic carbocycles. The van der Waals surface area contributed by atoms with E-state index in [0.29, 0.717) is 24.4 Å². The Kier molecular flexibility index (Phi) is 2.90. The molecule has 0 saturated heterocycles. The van der Waals surface area contributed by atoms with Gasteiger partial charge in [0, 0.05) is 12.0 Å². The third-order valence-corrected chi connectivity index (χ3v) is 2.37. The molecule has 84 valence electrons. The molecular formula is C12H11FO3. The van der Waals surface area contributed by atoms with E-state index in [2.05, 4.69) is 0 Å². The number of hydrogen-bond acceptors (Lipinski definition) is 3. The molecule has 0 N–H and O–H groups in total. The second-order valence-corrected chi connectivity index (χ2v) is 3.45. The number of hydrogen-bond donors (Lipinski definition) is 0. The summed E-state index contributed by atoms with van der Waals surface area (Å²) in [6.45, 7) is 0.388. The third-order valence-electron chi connectivity index (χ3n) is 2.37. The number of halogens is 1. The predicted octanol–water partition coefficient (Wildman–Crippen LogP) is 2.32. The Morgan fingerprint density at radius 3 is 3.06 bits per heavy atom. The fourth-order valence-corrected chi connectivity index (χ4v) is 1.62. The van der Waals surface area contributed by atoms with Crippen LogP contribution in [-0.4, -0.2) is 19.5 Å². The van der Waals surface area contributed by atoms with Crippen molar-refractivity contribution >= 4 is 5.78 Å². The van der Waals surface area contributed by atoms with Gasteiger partial charge in [-0.2, -0.15) is 0 Å². The van der Waals surface area contributed by atoms with Crippen LogP contribution >= 0.6 is 0 Å². The molecule has 0 saturated carbocycles. The van der Waals surface area contributed by atoms with Crippen molar-refractivity contribution < 1.29 is 18.7 Å². The maximum absolute atomic E-state index is 13.1. The predicted molar refractivity (Wildman–Crippen MR) is 55.9 cm³/mol. The maximum Gasteiger partial charge on any atom is 0.196 e. The summed E-state index contributed by atoms with van der Waals surface area (Å²) in [4.78, 5) is 12.0. The molecule has 1 heterocycles. The van der Waals surface area contributed by atoms with Crippen LogP contribution in [0.4, 0.5) is 4.39 Å². The molecule has 1 aliphatic rings. The zero-order valence-electron chi connectivity index (χ0n) is 8.83. The Hall–Kier alpha value is -1.84. The maximum atomic E-state index is 13.1. The summed E-state index contributed by atoms with van der Waals surface area (Å²) >= 11 is 0. The highest BCUT2D eigenvalue weighted by atomic mass is 19.1. The lowest BCUT2D eigenvalue weighted by Crippen LogP contribution is -2.03. The van der Waals surface area contributed by atoms with E-state index in [-0.39, 0.29) is 11.3 Å². The van der Waals surface area contributed by atoms with Gasteiger partial charge in [-0.1, -0.05) is 0 Å². The SMILES string of the molecule is CO/C=C1/CCOc2ccc(F)cc2C1=O. The van der Waals surface area contributed by atoms with Gasteiger partial charge < -0.3 is 9.47 Å². The smallest absolute Gasteiger partial charge is 0.196 e. The van der Waals surface area contributed by atoms with Crippen LogP contribution in [-0.2, 0) is 4.74 Å². The van der Waals surface area contributed by atoms with E-state index in [4.69, 9.17) is 9.47 Å². The van der Waals surface area contributed by atoms with E-state index in [1.54, 1.807) is 0 Å². The first kappa shape index (κ1) is 10.7. The van der Waals surface area contributed by atoms with Gasteiger partial charge in [0.05, 0.1) is 25.5 Å². The molecule has 0 bridgehead atoms. The molecule has 0 spiro atoms. The standard InChI is InChI=1S/C12H11FO3/c1-15-7-8-4-5-16-11-3-2-9(13)6-10(11)12(8)14/h2-3,6-7H,4-5H2,1H3/b8-7-. The number of ether oxygens (including phenoxy) is 2. The Labute approximate surface area is 92.5 Å². The van der Waals surface area contributed by atoms with Crippen LogP contribution in [0, 0.1) is 5.82 Å².